The quantitative estimate of drug-likeness (QED) is 0.778. The Hall–Kier alpha value is -2.24. The number of hydrogen-bond acceptors (Lipinski definition) is 3. The molecule has 4 rings (SSSR count). The zero-order valence-corrected chi connectivity index (χ0v) is 15.0. The highest BCUT2D eigenvalue weighted by Crippen LogP contribution is 2.33. The van der Waals surface area contributed by atoms with E-state index >= 15 is 0 Å². The van der Waals surface area contributed by atoms with E-state index in [-0.39, 0.29) is 5.82 Å². The number of piperidine rings is 1. The van der Waals surface area contributed by atoms with Gasteiger partial charge in [-0.15, -0.1) is 0 Å². The van der Waals surface area contributed by atoms with E-state index in [1.54, 1.807) is 12.1 Å². The monoisotopic (exact) mass is 353 g/mol. The number of fused-ring (bicyclic) bond motifs is 1. The summed E-state index contributed by atoms with van der Waals surface area (Å²) in [5.41, 5.74) is 2.14. The fourth-order valence-corrected chi connectivity index (χ4v) is 3.93. The molecule has 3 aromatic rings. The largest absolute Gasteiger partial charge is 0.385 e. The lowest BCUT2D eigenvalue weighted by Crippen LogP contribution is -2.42. The average Bonchev–Trinajstić information content (AvgIpc) is 3.01. The van der Waals surface area contributed by atoms with Crippen molar-refractivity contribution in [1.82, 2.24) is 14.5 Å². The van der Waals surface area contributed by atoms with E-state index in [9.17, 15) is 9.50 Å². The third-order valence-corrected chi connectivity index (χ3v) is 5.48. The first-order valence-corrected chi connectivity index (χ1v) is 9.24. The Balaban J connectivity index is 1.48. The van der Waals surface area contributed by atoms with Gasteiger partial charge in [0.15, 0.2) is 0 Å². The minimum absolute atomic E-state index is 0.270. The van der Waals surface area contributed by atoms with Gasteiger partial charge in [0, 0.05) is 19.6 Å². The highest BCUT2D eigenvalue weighted by molar-refractivity contribution is 5.75. The average molecular weight is 353 g/mol. The van der Waals surface area contributed by atoms with Crippen molar-refractivity contribution >= 4 is 11.0 Å². The van der Waals surface area contributed by atoms with Crippen molar-refractivity contribution in [3.8, 4) is 0 Å². The van der Waals surface area contributed by atoms with Crippen LogP contribution in [-0.4, -0.2) is 32.6 Å². The van der Waals surface area contributed by atoms with Gasteiger partial charge in [-0.2, -0.15) is 0 Å². The summed E-state index contributed by atoms with van der Waals surface area (Å²) in [5.74, 6) is 0.800. The molecule has 0 saturated carbocycles. The molecular formula is C21H24FN3O. The van der Waals surface area contributed by atoms with Crippen molar-refractivity contribution in [1.29, 1.82) is 0 Å². The van der Waals surface area contributed by atoms with Crippen LogP contribution in [0.5, 0.6) is 0 Å². The van der Waals surface area contributed by atoms with Gasteiger partial charge < -0.3 is 9.67 Å². The number of aromatic nitrogens is 2. The maximum Gasteiger partial charge on any atom is 0.124 e. The zero-order valence-electron chi connectivity index (χ0n) is 15.0. The van der Waals surface area contributed by atoms with Gasteiger partial charge >= 0.3 is 0 Å². The van der Waals surface area contributed by atoms with Gasteiger partial charge in [-0.05, 0) is 49.6 Å². The number of aliphatic hydroxyl groups is 1. The number of para-hydroxylation sites is 2. The Morgan fingerprint density at radius 1 is 1.08 bits per heavy atom. The van der Waals surface area contributed by atoms with E-state index in [1.165, 1.54) is 17.6 Å². The number of rotatable bonds is 4. The number of nitrogens with zero attached hydrogens (tertiary/aromatic N) is 3. The van der Waals surface area contributed by atoms with E-state index in [1.807, 2.05) is 12.1 Å². The number of halogens is 1. The highest BCUT2D eigenvalue weighted by atomic mass is 19.1. The van der Waals surface area contributed by atoms with Crippen LogP contribution in [0.25, 0.3) is 11.0 Å². The van der Waals surface area contributed by atoms with Crippen molar-refractivity contribution in [2.75, 3.05) is 13.1 Å². The molecule has 26 heavy (non-hydrogen) atoms. The van der Waals surface area contributed by atoms with Crippen LogP contribution >= 0.6 is 0 Å². The molecule has 2 heterocycles. The molecule has 0 aliphatic carbocycles. The van der Waals surface area contributed by atoms with Crippen LogP contribution in [0, 0.1) is 5.82 Å². The molecule has 1 saturated heterocycles. The zero-order chi connectivity index (χ0) is 18.1. The summed E-state index contributed by atoms with van der Waals surface area (Å²) in [6.45, 7) is 5.40. The lowest BCUT2D eigenvalue weighted by molar-refractivity contribution is -0.0284. The van der Waals surface area contributed by atoms with Crippen molar-refractivity contribution in [2.45, 2.75) is 38.5 Å². The fourth-order valence-electron chi connectivity index (χ4n) is 3.93. The van der Waals surface area contributed by atoms with Gasteiger partial charge in [0.2, 0.25) is 0 Å². The molecule has 0 spiro atoms. The molecule has 0 amide bonds. The van der Waals surface area contributed by atoms with Gasteiger partial charge in [0.1, 0.15) is 11.6 Å². The molecule has 1 aliphatic rings. The van der Waals surface area contributed by atoms with E-state index in [0.29, 0.717) is 12.8 Å². The summed E-state index contributed by atoms with van der Waals surface area (Å²) >= 11 is 0. The first-order valence-electron chi connectivity index (χ1n) is 9.24. The summed E-state index contributed by atoms with van der Waals surface area (Å²) in [6, 6.07) is 14.5. The molecule has 1 aromatic heterocycles. The van der Waals surface area contributed by atoms with E-state index in [0.717, 1.165) is 43.1 Å². The second-order valence-corrected chi connectivity index (χ2v) is 7.08. The summed E-state index contributed by atoms with van der Waals surface area (Å²) in [4.78, 5) is 7.14. The molecule has 0 bridgehead atoms. The Labute approximate surface area is 152 Å². The SMILES string of the molecule is CCn1c(CN2CCC(O)(c3ccc(F)cc3)CC2)nc2ccccc21. The minimum Gasteiger partial charge on any atom is -0.385 e. The van der Waals surface area contributed by atoms with E-state index < -0.39 is 5.60 Å². The van der Waals surface area contributed by atoms with Crippen LogP contribution in [0.1, 0.15) is 31.2 Å². The lowest BCUT2D eigenvalue weighted by Gasteiger charge is -2.38. The molecule has 0 radical (unpaired) electrons. The summed E-state index contributed by atoms with van der Waals surface area (Å²) in [5, 5.41) is 11.0. The standard InChI is InChI=1S/C21H24FN3O/c1-2-25-19-6-4-3-5-18(19)23-20(25)15-24-13-11-21(26,12-14-24)16-7-9-17(22)10-8-16/h3-10,26H,2,11-15H2,1H3. The minimum atomic E-state index is -0.866. The topological polar surface area (TPSA) is 41.3 Å². The third-order valence-electron chi connectivity index (χ3n) is 5.48. The number of likely N-dealkylation sites (tertiary alicyclic amines) is 1. The smallest absolute Gasteiger partial charge is 0.124 e. The predicted molar refractivity (Wildman–Crippen MR) is 100 cm³/mol. The van der Waals surface area contributed by atoms with Crippen LogP contribution in [0.15, 0.2) is 48.5 Å². The van der Waals surface area contributed by atoms with Gasteiger partial charge in [0.25, 0.3) is 0 Å². The Morgan fingerprint density at radius 3 is 2.46 bits per heavy atom. The maximum absolute atomic E-state index is 13.1. The molecule has 1 N–H and O–H groups in total. The van der Waals surface area contributed by atoms with Gasteiger partial charge in [0.05, 0.1) is 23.2 Å². The summed E-state index contributed by atoms with van der Waals surface area (Å²) in [6.07, 6.45) is 1.29. The second kappa shape index (κ2) is 6.82. The fraction of sp³-hybridized carbons (Fsp3) is 0.381. The number of benzene rings is 2. The Kier molecular flexibility index (Phi) is 4.51. The number of hydrogen-bond donors (Lipinski definition) is 1. The third kappa shape index (κ3) is 3.13. The van der Waals surface area contributed by atoms with Gasteiger partial charge in [-0.3, -0.25) is 4.90 Å². The second-order valence-electron chi connectivity index (χ2n) is 7.08. The Morgan fingerprint density at radius 2 is 1.77 bits per heavy atom. The van der Waals surface area contributed by atoms with Crippen molar-refractivity contribution in [3.05, 3.63) is 65.7 Å². The van der Waals surface area contributed by atoms with E-state index in [2.05, 4.69) is 28.5 Å². The van der Waals surface area contributed by atoms with Crippen LogP contribution in [-0.2, 0) is 18.7 Å². The van der Waals surface area contributed by atoms with Crippen LogP contribution < -0.4 is 0 Å². The molecule has 0 unspecified atom stereocenters. The number of imidazole rings is 1. The van der Waals surface area contributed by atoms with Gasteiger partial charge in [-0.1, -0.05) is 24.3 Å². The van der Waals surface area contributed by atoms with Crippen LogP contribution in [0.3, 0.4) is 0 Å². The molecule has 0 atom stereocenters. The van der Waals surface area contributed by atoms with Crippen molar-refractivity contribution < 1.29 is 9.50 Å². The van der Waals surface area contributed by atoms with Crippen molar-refractivity contribution in [3.63, 3.8) is 0 Å². The first-order chi connectivity index (χ1) is 12.6. The number of aryl methyl sites for hydroxylation is 1. The normalized spacial score (nSPS) is 17.7. The van der Waals surface area contributed by atoms with Crippen LogP contribution in [0.4, 0.5) is 4.39 Å². The molecular weight excluding hydrogens is 329 g/mol. The molecule has 4 nitrogen and oxygen atoms in total. The molecule has 2 aromatic carbocycles. The maximum atomic E-state index is 13.1. The van der Waals surface area contributed by atoms with E-state index in [4.69, 9.17) is 4.98 Å². The lowest BCUT2D eigenvalue weighted by atomic mass is 9.84. The molecule has 136 valence electrons. The van der Waals surface area contributed by atoms with Crippen LogP contribution in [0.2, 0.25) is 0 Å². The highest BCUT2D eigenvalue weighted by Gasteiger charge is 2.34. The first kappa shape index (κ1) is 17.2. The molecule has 5 heteroatoms. The summed E-state index contributed by atoms with van der Waals surface area (Å²) in [7, 11) is 0. The molecule has 1 aliphatic heterocycles. The van der Waals surface area contributed by atoms with Gasteiger partial charge in [-0.25, -0.2) is 9.37 Å². The predicted octanol–water partition coefficient (Wildman–Crippen LogP) is 3.68. The van der Waals surface area contributed by atoms with Crippen molar-refractivity contribution in [2.24, 2.45) is 0 Å². The summed E-state index contributed by atoms with van der Waals surface area (Å²) < 4.78 is 15.4. The Bertz CT molecular complexity index is 895. The molecule has 1 fully saturated rings.